The summed E-state index contributed by atoms with van der Waals surface area (Å²) in [6.45, 7) is 0. The van der Waals surface area contributed by atoms with E-state index in [9.17, 15) is 0 Å². The third kappa shape index (κ3) is 3.59. The molecule has 7 heteroatoms. The molecule has 124 valence electrons. The van der Waals surface area contributed by atoms with Crippen LogP contribution in [0.2, 0.25) is 5.02 Å². The highest BCUT2D eigenvalue weighted by Crippen LogP contribution is 2.19. The van der Waals surface area contributed by atoms with Crippen molar-refractivity contribution in [3.8, 4) is 0 Å². The van der Waals surface area contributed by atoms with Gasteiger partial charge in [0.05, 0.1) is 0 Å². The van der Waals surface area contributed by atoms with Crippen LogP contribution in [0.3, 0.4) is 0 Å². The topological polar surface area (TPSA) is 68.0 Å². The van der Waals surface area contributed by atoms with Crippen LogP contribution in [0.1, 0.15) is 11.4 Å². The van der Waals surface area contributed by atoms with Gasteiger partial charge in [-0.2, -0.15) is 4.52 Å². The number of hydrogen-bond acceptors (Lipinski definition) is 5. The molecule has 0 radical (unpaired) electrons. The second-order valence-corrected chi connectivity index (χ2v) is 6.03. The number of halogens is 1. The fraction of sp³-hybridized carbons (Fsp3) is 0.111. The number of aromatic nitrogens is 5. The smallest absolute Gasteiger partial charge is 0.178 e. The van der Waals surface area contributed by atoms with Gasteiger partial charge in [-0.15, -0.1) is 15.3 Å². The van der Waals surface area contributed by atoms with Crippen LogP contribution in [0.15, 0.2) is 60.9 Å². The molecule has 0 fully saturated rings. The van der Waals surface area contributed by atoms with E-state index in [1.807, 2.05) is 48.5 Å². The Morgan fingerprint density at radius 1 is 0.960 bits per heavy atom. The van der Waals surface area contributed by atoms with Crippen LogP contribution in [-0.4, -0.2) is 24.8 Å². The predicted molar refractivity (Wildman–Crippen MR) is 97.2 cm³/mol. The van der Waals surface area contributed by atoms with Crippen molar-refractivity contribution in [1.82, 2.24) is 24.8 Å². The summed E-state index contributed by atoms with van der Waals surface area (Å²) in [4.78, 5) is 4.03. The molecular weight excluding hydrogens is 336 g/mol. The quantitative estimate of drug-likeness (QED) is 0.594. The molecule has 4 aromatic rings. The summed E-state index contributed by atoms with van der Waals surface area (Å²) in [5.41, 5.74) is 2.81. The summed E-state index contributed by atoms with van der Waals surface area (Å²) in [6.07, 6.45) is 5.20. The van der Waals surface area contributed by atoms with Gasteiger partial charge in [-0.3, -0.25) is 4.98 Å². The van der Waals surface area contributed by atoms with Crippen LogP contribution in [0, 0.1) is 0 Å². The van der Waals surface area contributed by atoms with Crippen LogP contribution in [0.25, 0.3) is 5.65 Å². The summed E-state index contributed by atoms with van der Waals surface area (Å²) in [5, 5.41) is 17.0. The Labute approximate surface area is 149 Å². The van der Waals surface area contributed by atoms with Gasteiger partial charge in [-0.05, 0) is 54.4 Å². The van der Waals surface area contributed by atoms with E-state index in [2.05, 4.69) is 25.6 Å². The van der Waals surface area contributed by atoms with E-state index in [4.69, 9.17) is 11.6 Å². The number of nitrogens with one attached hydrogen (secondary N) is 1. The van der Waals surface area contributed by atoms with Crippen molar-refractivity contribution in [2.24, 2.45) is 0 Å². The Morgan fingerprint density at radius 3 is 2.68 bits per heavy atom. The van der Waals surface area contributed by atoms with E-state index in [-0.39, 0.29) is 0 Å². The minimum absolute atomic E-state index is 0.674. The highest BCUT2D eigenvalue weighted by Gasteiger charge is 2.08. The molecule has 0 spiro atoms. The van der Waals surface area contributed by atoms with E-state index >= 15 is 0 Å². The Balaban J connectivity index is 1.57. The monoisotopic (exact) mass is 350 g/mol. The van der Waals surface area contributed by atoms with Gasteiger partial charge in [0.25, 0.3) is 0 Å². The largest absolute Gasteiger partial charge is 0.339 e. The van der Waals surface area contributed by atoms with Crippen molar-refractivity contribution in [2.75, 3.05) is 5.32 Å². The molecule has 3 aromatic heterocycles. The molecule has 0 atom stereocenters. The van der Waals surface area contributed by atoms with Gasteiger partial charge in [-0.1, -0.05) is 17.7 Å². The molecule has 0 bridgehead atoms. The van der Waals surface area contributed by atoms with Gasteiger partial charge in [0.1, 0.15) is 0 Å². The fourth-order valence-electron chi connectivity index (χ4n) is 2.58. The molecule has 25 heavy (non-hydrogen) atoms. The van der Waals surface area contributed by atoms with Crippen molar-refractivity contribution >= 4 is 28.8 Å². The number of rotatable bonds is 5. The number of benzene rings is 1. The Hall–Kier alpha value is -2.99. The molecular formula is C18H15ClN6. The lowest BCUT2D eigenvalue weighted by atomic mass is 10.1. The van der Waals surface area contributed by atoms with Crippen molar-refractivity contribution in [3.63, 3.8) is 0 Å². The molecule has 0 amide bonds. The molecule has 6 nitrogen and oxygen atoms in total. The maximum absolute atomic E-state index is 6.02. The lowest BCUT2D eigenvalue weighted by molar-refractivity contribution is 0.785. The van der Waals surface area contributed by atoms with Crippen LogP contribution in [-0.2, 0) is 12.8 Å². The Kier molecular flexibility index (Phi) is 4.26. The third-order valence-corrected chi connectivity index (χ3v) is 4.05. The van der Waals surface area contributed by atoms with Gasteiger partial charge in [0.15, 0.2) is 17.3 Å². The zero-order valence-electron chi connectivity index (χ0n) is 13.3. The Bertz CT molecular complexity index is 999. The van der Waals surface area contributed by atoms with Gasteiger partial charge < -0.3 is 5.32 Å². The number of pyridine rings is 1. The highest BCUT2D eigenvalue weighted by molar-refractivity contribution is 6.30. The van der Waals surface area contributed by atoms with Gasteiger partial charge in [-0.25, -0.2) is 0 Å². The average Bonchev–Trinajstić information content (AvgIpc) is 3.03. The molecule has 0 saturated carbocycles. The summed E-state index contributed by atoms with van der Waals surface area (Å²) in [7, 11) is 0. The lowest BCUT2D eigenvalue weighted by Gasteiger charge is -2.06. The molecule has 1 aromatic carbocycles. The van der Waals surface area contributed by atoms with Crippen molar-refractivity contribution in [1.29, 1.82) is 0 Å². The minimum atomic E-state index is 0.674. The van der Waals surface area contributed by atoms with Gasteiger partial charge >= 0.3 is 0 Å². The van der Waals surface area contributed by atoms with Crippen LogP contribution in [0.4, 0.5) is 11.5 Å². The standard InChI is InChI=1S/C18H15ClN6/c19-14-2-1-3-15(12-14)21-16-5-7-18-23-22-17(25(18)24-16)6-4-13-8-10-20-11-9-13/h1-3,5,7-12H,4,6H2,(H,21,24). The number of aryl methyl sites for hydroxylation is 2. The van der Waals surface area contributed by atoms with E-state index in [1.165, 1.54) is 5.56 Å². The van der Waals surface area contributed by atoms with Crippen LogP contribution >= 0.6 is 11.6 Å². The van der Waals surface area contributed by atoms with Gasteiger partial charge in [0, 0.05) is 29.5 Å². The summed E-state index contributed by atoms with van der Waals surface area (Å²) >= 11 is 6.02. The van der Waals surface area contributed by atoms with E-state index in [0.717, 1.165) is 30.0 Å². The van der Waals surface area contributed by atoms with Crippen molar-refractivity contribution in [2.45, 2.75) is 12.8 Å². The summed E-state index contributed by atoms with van der Waals surface area (Å²) < 4.78 is 1.77. The zero-order valence-corrected chi connectivity index (χ0v) is 14.1. The maximum Gasteiger partial charge on any atom is 0.178 e. The number of anilines is 2. The van der Waals surface area contributed by atoms with Crippen LogP contribution in [0.5, 0.6) is 0 Å². The normalized spacial score (nSPS) is 10.9. The number of nitrogens with zero attached hydrogens (tertiary/aromatic N) is 5. The first-order valence-electron chi connectivity index (χ1n) is 7.91. The van der Waals surface area contributed by atoms with E-state index in [0.29, 0.717) is 10.8 Å². The second-order valence-electron chi connectivity index (χ2n) is 5.60. The number of fused-ring (bicyclic) bond motifs is 1. The number of hydrogen-bond donors (Lipinski definition) is 1. The molecule has 4 rings (SSSR count). The summed E-state index contributed by atoms with van der Waals surface area (Å²) in [5.74, 6) is 1.53. The molecule has 3 heterocycles. The molecule has 0 aliphatic heterocycles. The first kappa shape index (κ1) is 15.5. The molecule has 0 saturated heterocycles. The summed E-state index contributed by atoms with van der Waals surface area (Å²) in [6, 6.07) is 15.3. The first-order valence-corrected chi connectivity index (χ1v) is 8.28. The third-order valence-electron chi connectivity index (χ3n) is 3.81. The second kappa shape index (κ2) is 6.86. The lowest BCUT2D eigenvalue weighted by Crippen LogP contribution is -2.04. The molecule has 0 unspecified atom stereocenters. The minimum Gasteiger partial charge on any atom is -0.339 e. The first-order chi connectivity index (χ1) is 12.3. The maximum atomic E-state index is 6.02. The van der Waals surface area contributed by atoms with Crippen molar-refractivity contribution in [3.05, 3.63) is 77.3 Å². The highest BCUT2D eigenvalue weighted by atomic mass is 35.5. The molecule has 1 N–H and O–H groups in total. The van der Waals surface area contributed by atoms with Crippen molar-refractivity contribution < 1.29 is 0 Å². The fourth-order valence-corrected chi connectivity index (χ4v) is 2.77. The van der Waals surface area contributed by atoms with Crippen LogP contribution < -0.4 is 5.32 Å². The Morgan fingerprint density at radius 2 is 1.84 bits per heavy atom. The predicted octanol–water partition coefficient (Wildman–Crippen LogP) is 3.70. The molecule has 0 aliphatic carbocycles. The van der Waals surface area contributed by atoms with Gasteiger partial charge in [0.2, 0.25) is 0 Å². The zero-order chi connectivity index (χ0) is 17.1. The van der Waals surface area contributed by atoms with E-state index in [1.54, 1.807) is 16.9 Å². The average molecular weight is 351 g/mol. The molecule has 0 aliphatic rings. The SMILES string of the molecule is Clc1cccc(Nc2ccc3nnc(CCc4ccncc4)n3n2)c1. The van der Waals surface area contributed by atoms with E-state index < -0.39 is 0 Å².